The Hall–Kier alpha value is -1.12. The minimum atomic E-state index is -2.51. The molecule has 0 heterocycles. The molecule has 0 bridgehead atoms. The highest BCUT2D eigenvalue weighted by Crippen LogP contribution is 2.27. The molecule has 0 saturated carbocycles. The summed E-state index contributed by atoms with van der Waals surface area (Å²) < 4.78 is 24.2. The van der Waals surface area contributed by atoms with E-state index in [0.717, 1.165) is 0 Å². The van der Waals surface area contributed by atoms with Gasteiger partial charge in [0.15, 0.2) is 0 Å². The molecule has 1 nitrogen and oxygen atoms in total. The fraction of sp³-hybridized carbons (Fsp3) is 0.500. The third kappa shape index (κ3) is 5.35. The molecular formula is C12H20F2O. The van der Waals surface area contributed by atoms with Crippen molar-refractivity contribution >= 4 is 0 Å². The van der Waals surface area contributed by atoms with Crippen molar-refractivity contribution in [1.29, 1.82) is 0 Å². The van der Waals surface area contributed by atoms with Gasteiger partial charge in [-0.15, -0.1) is 0 Å². The Balaban J connectivity index is 0. The lowest BCUT2D eigenvalue weighted by molar-refractivity contribution is 0.150. The highest BCUT2D eigenvalue weighted by molar-refractivity contribution is 5.38. The number of alkyl halides is 2. The smallest absolute Gasteiger partial charge is 0.264 e. The zero-order valence-corrected chi connectivity index (χ0v) is 10.0. The van der Waals surface area contributed by atoms with Gasteiger partial charge in [0.05, 0.1) is 0 Å². The van der Waals surface area contributed by atoms with Crippen molar-refractivity contribution in [3.63, 3.8) is 0 Å². The molecule has 0 amide bonds. The van der Waals surface area contributed by atoms with Gasteiger partial charge in [-0.3, -0.25) is 0 Å². The summed E-state index contributed by atoms with van der Waals surface area (Å²) in [4.78, 5) is 0. The van der Waals surface area contributed by atoms with Crippen molar-refractivity contribution in [2.75, 3.05) is 0 Å². The fourth-order valence-electron chi connectivity index (χ4n) is 0.877. The van der Waals surface area contributed by atoms with Gasteiger partial charge in [-0.25, -0.2) is 8.78 Å². The average Bonchev–Trinajstić information content (AvgIpc) is 2.27. The molecule has 0 radical (unpaired) electrons. The van der Waals surface area contributed by atoms with Gasteiger partial charge in [-0.2, -0.15) is 0 Å². The molecule has 0 saturated heterocycles. The number of phenolic OH excluding ortho intramolecular Hbond substituents is 1. The van der Waals surface area contributed by atoms with Crippen molar-refractivity contribution in [2.24, 2.45) is 0 Å². The molecular weight excluding hydrogens is 198 g/mol. The predicted molar refractivity (Wildman–Crippen MR) is 60.5 cm³/mol. The Kier molecular flexibility index (Phi) is 10.3. The van der Waals surface area contributed by atoms with E-state index in [2.05, 4.69) is 0 Å². The summed E-state index contributed by atoms with van der Waals surface area (Å²) in [5, 5.41) is 9.02. The van der Waals surface area contributed by atoms with Crippen LogP contribution in [0.15, 0.2) is 18.2 Å². The zero-order valence-electron chi connectivity index (χ0n) is 10.0. The number of hydrogen-bond donors (Lipinski definition) is 1. The third-order valence-electron chi connectivity index (χ3n) is 1.58. The molecule has 0 aromatic heterocycles. The monoisotopic (exact) mass is 218 g/mol. The van der Waals surface area contributed by atoms with Crippen LogP contribution in [0.4, 0.5) is 8.78 Å². The van der Waals surface area contributed by atoms with Crippen LogP contribution in [0, 0.1) is 6.92 Å². The second-order valence-corrected chi connectivity index (χ2v) is 2.29. The lowest BCUT2D eigenvalue weighted by atomic mass is 10.1. The first-order chi connectivity index (χ1) is 7.13. The third-order valence-corrected chi connectivity index (χ3v) is 1.58. The number of benzene rings is 1. The largest absolute Gasteiger partial charge is 0.508 e. The van der Waals surface area contributed by atoms with Crippen LogP contribution >= 0.6 is 0 Å². The van der Waals surface area contributed by atoms with Crippen LogP contribution in [-0.4, -0.2) is 5.11 Å². The van der Waals surface area contributed by atoms with Gasteiger partial charge < -0.3 is 5.11 Å². The van der Waals surface area contributed by atoms with Gasteiger partial charge in [-0.05, 0) is 18.6 Å². The van der Waals surface area contributed by atoms with E-state index in [1.807, 2.05) is 27.7 Å². The van der Waals surface area contributed by atoms with Gasteiger partial charge in [0.1, 0.15) is 5.75 Å². The number of phenols is 1. The summed E-state index contributed by atoms with van der Waals surface area (Å²) >= 11 is 0. The summed E-state index contributed by atoms with van der Waals surface area (Å²) in [7, 11) is 0. The topological polar surface area (TPSA) is 20.2 Å². The number of rotatable bonds is 1. The van der Waals surface area contributed by atoms with Gasteiger partial charge in [0.25, 0.3) is 6.43 Å². The molecule has 1 N–H and O–H groups in total. The first-order valence-electron chi connectivity index (χ1n) is 5.19. The molecule has 0 aliphatic carbocycles. The van der Waals surface area contributed by atoms with E-state index in [-0.39, 0.29) is 16.9 Å². The van der Waals surface area contributed by atoms with E-state index in [4.69, 9.17) is 5.11 Å². The quantitative estimate of drug-likeness (QED) is 0.725. The van der Waals surface area contributed by atoms with E-state index < -0.39 is 6.43 Å². The Morgan fingerprint density at radius 3 is 1.87 bits per heavy atom. The van der Waals surface area contributed by atoms with Crippen LogP contribution in [0.25, 0.3) is 0 Å². The van der Waals surface area contributed by atoms with Gasteiger partial charge in [0, 0.05) is 5.56 Å². The molecule has 0 spiro atoms. The van der Waals surface area contributed by atoms with Gasteiger partial charge >= 0.3 is 0 Å². The normalized spacial score (nSPS) is 8.53. The molecule has 0 fully saturated rings. The van der Waals surface area contributed by atoms with Crippen molar-refractivity contribution in [2.45, 2.75) is 41.0 Å². The summed E-state index contributed by atoms with van der Waals surface area (Å²) in [6.07, 6.45) is -2.51. The van der Waals surface area contributed by atoms with E-state index in [1.54, 1.807) is 0 Å². The first kappa shape index (κ1) is 16.3. The number of aromatic hydroxyl groups is 1. The van der Waals surface area contributed by atoms with E-state index >= 15 is 0 Å². The Bertz CT molecular complexity index is 260. The number of hydrogen-bond acceptors (Lipinski definition) is 1. The van der Waals surface area contributed by atoms with Gasteiger partial charge in [-0.1, -0.05) is 39.8 Å². The standard InChI is InChI=1S/C8H8F2O.2C2H6/c1-5-6(8(9)10)3-2-4-7(5)11;2*1-2/h2-4,8,11H,1H3;2*1-2H3. The second kappa shape index (κ2) is 9.44. The molecule has 0 aliphatic heterocycles. The Labute approximate surface area is 90.8 Å². The molecule has 0 unspecified atom stereocenters. The average molecular weight is 218 g/mol. The van der Waals surface area contributed by atoms with Crippen molar-refractivity contribution in [3.8, 4) is 5.75 Å². The Morgan fingerprint density at radius 2 is 1.53 bits per heavy atom. The highest BCUT2D eigenvalue weighted by Gasteiger charge is 2.11. The SMILES string of the molecule is CC.CC.Cc1c(O)cccc1C(F)F. The van der Waals surface area contributed by atoms with Crippen LogP contribution in [0.2, 0.25) is 0 Å². The maximum atomic E-state index is 12.1. The van der Waals surface area contributed by atoms with E-state index in [1.165, 1.54) is 25.1 Å². The lowest BCUT2D eigenvalue weighted by Crippen LogP contribution is -1.88. The van der Waals surface area contributed by atoms with E-state index in [9.17, 15) is 8.78 Å². The summed E-state index contributed by atoms with van der Waals surface area (Å²) in [6.45, 7) is 9.47. The Morgan fingerprint density at radius 1 is 1.07 bits per heavy atom. The number of halogens is 2. The van der Waals surface area contributed by atoms with Crippen molar-refractivity contribution in [3.05, 3.63) is 29.3 Å². The molecule has 15 heavy (non-hydrogen) atoms. The van der Waals surface area contributed by atoms with Crippen LogP contribution in [0.1, 0.15) is 45.2 Å². The minimum Gasteiger partial charge on any atom is -0.508 e. The minimum absolute atomic E-state index is 0.0807. The molecule has 88 valence electrons. The molecule has 1 rings (SSSR count). The summed E-state index contributed by atoms with van der Waals surface area (Å²) in [5.74, 6) is -0.0807. The fourth-order valence-corrected chi connectivity index (χ4v) is 0.877. The maximum absolute atomic E-state index is 12.1. The van der Waals surface area contributed by atoms with Gasteiger partial charge in [0.2, 0.25) is 0 Å². The summed E-state index contributed by atoms with van der Waals surface area (Å²) in [5.41, 5.74) is 0.146. The zero-order chi connectivity index (χ0) is 12.4. The highest BCUT2D eigenvalue weighted by atomic mass is 19.3. The molecule has 0 atom stereocenters. The van der Waals surface area contributed by atoms with Crippen molar-refractivity contribution < 1.29 is 13.9 Å². The molecule has 3 heteroatoms. The maximum Gasteiger partial charge on any atom is 0.264 e. The summed E-state index contributed by atoms with van der Waals surface area (Å²) in [6, 6.07) is 4.10. The van der Waals surface area contributed by atoms with Crippen LogP contribution in [0.3, 0.4) is 0 Å². The lowest BCUT2D eigenvalue weighted by Gasteiger charge is -2.04. The van der Waals surface area contributed by atoms with Crippen LogP contribution in [-0.2, 0) is 0 Å². The molecule has 1 aromatic carbocycles. The first-order valence-corrected chi connectivity index (χ1v) is 5.19. The molecule has 0 aliphatic rings. The van der Waals surface area contributed by atoms with E-state index in [0.29, 0.717) is 0 Å². The van der Waals surface area contributed by atoms with Crippen LogP contribution in [0.5, 0.6) is 5.75 Å². The molecule has 1 aromatic rings. The van der Waals surface area contributed by atoms with Crippen LogP contribution < -0.4 is 0 Å². The van der Waals surface area contributed by atoms with Crippen molar-refractivity contribution in [1.82, 2.24) is 0 Å². The second-order valence-electron chi connectivity index (χ2n) is 2.29. The predicted octanol–water partition coefficient (Wildman–Crippen LogP) is 4.69.